The molecule has 8 atom stereocenters. The molecule has 0 heterocycles. The summed E-state index contributed by atoms with van der Waals surface area (Å²) in [5.74, 6) is -3.64. The zero-order chi connectivity index (χ0) is 31.9. The van der Waals surface area contributed by atoms with Gasteiger partial charge < -0.3 is 34.3 Å². The molecule has 4 rings (SSSR count). The lowest BCUT2D eigenvalue weighted by Crippen LogP contribution is -2.71. The van der Waals surface area contributed by atoms with E-state index in [2.05, 4.69) is 0 Å². The second kappa shape index (κ2) is 12.1. The van der Waals surface area contributed by atoms with Crippen molar-refractivity contribution < 1.29 is 53.4 Å². The van der Waals surface area contributed by atoms with Gasteiger partial charge in [0.25, 0.3) is 0 Å². The first-order valence-corrected chi connectivity index (χ1v) is 14.6. The minimum atomic E-state index is -1.98. The van der Waals surface area contributed by atoms with E-state index in [0.29, 0.717) is 5.57 Å². The van der Waals surface area contributed by atoms with Gasteiger partial charge in [-0.2, -0.15) is 0 Å². The maximum atomic E-state index is 14.6. The van der Waals surface area contributed by atoms with Crippen molar-refractivity contribution in [1.29, 1.82) is 0 Å². The fraction of sp³-hybridized carbons (Fsp3) is 0.625. The number of Topliss-reactive ketones (excluding diaryl/α,β-unsaturated/α-hetero) is 1. The Morgan fingerprint density at radius 3 is 2.21 bits per heavy atom. The minimum absolute atomic E-state index is 0.00737. The molecular weight excluding hydrogens is 560 g/mol. The van der Waals surface area contributed by atoms with E-state index < -0.39 is 76.6 Å². The van der Waals surface area contributed by atoms with E-state index in [1.165, 1.54) is 13.8 Å². The molecule has 11 nitrogen and oxygen atoms in total. The zero-order valence-corrected chi connectivity index (χ0v) is 25.5. The van der Waals surface area contributed by atoms with E-state index in [9.17, 15) is 34.5 Å². The number of hydrogen-bond donors (Lipinski definition) is 3. The summed E-state index contributed by atoms with van der Waals surface area (Å²) in [6.07, 6.45) is -6.37. The normalized spacial score (nSPS) is 35.2. The van der Waals surface area contributed by atoms with Gasteiger partial charge in [-0.3, -0.25) is 14.4 Å². The van der Waals surface area contributed by atoms with Crippen LogP contribution < -0.4 is 0 Å². The van der Waals surface area contributed by atoms with Crippen molar-refractivity contribution in [2.75, 3.05) is 13.2 Å². The highest BCUT2D eigenvalue weighted by atomic mass is 16.6. The Labute approximate surface area is 251 Å². The second-order valence-corrected chi connectivity index (χ2v) is 12.6. The van der Waals surface area contributed by atoms with Crippen LogP contribution in [0, 0.1) is 16.7 Å². The lowest BCUT2D eigenvalue weighted by atomic mass is 9.48. The maximum absolute atomic E-state index is 14.6. The molecule has 0 aliphatic heterocycles. The third kappa shape index (κ3) is 5.75. The molecule has 3 N–H and O–H groups in total. The molecule has 2 fully saturated rings. The molecule has 11 heteroatoms. The number of hydrogen-bond acceptors (Lipinski definition) is 11. The predicted octanol–water partition coefficient (Wildman–Crippen LogP) is 2.29. The molecule has 0 amide bonds. The summed E-state index contributed by atoms with van der Waals surface area (Å²) < 4.78 is 22.7. The monoisotopic (exact) mass is 602 g/mol. The van der Waals surface area contributed by atoms with Gasteiger partial charge in [0.15, 0.2) is 11.9 Å². The third-order valence-electron chi connectivity index (χ3n) is 9.79. The van der Waals surface area contributed by atoms with Crippen LogP contribution in [-0.2, 0) is 33.3 Å². The Bertz CT molecular complexity index is 1290. The summed E-state index contributed by atoms with van der Waals surface area (Å²) >= 11 is 0. The Morgan fingerprint density at radius 1 is 0.953 bits per heavy atom. The van der Waals surface area contributed by atoms with Gasteiger partial charge >= 0.3 is 17.9 Å². The van der Waals surface area contributed by atoms with Crippen LogP contribution in [0.15, 0.2) is 41.5 Å². The number of ether oxygens (including phenoxy) is 4. The van der Waals surface area contributed by atoms with Crippen molar-refractivity contribution in [1.82, 2.24) is 0 Å². The number of fused-ring (bicyclic) bond motifs is 3. The Morgan fingerprint density at radius 2 is 1.60 bits per heavy atom. The Kier molecular flexibility index (Phi) is 9.23. The number of benzene rings is 1. The summed E-state index contributed by atoms with van der Waals surface area (Å²) in [5, 5.41) is 35.6. The molecule has 2 saturated carbocycles. The van der Waals surface area contributed by atoms with Crippen molar-refractivity contribution in [2.24, 2.45) is 16.7 Å². The van der Waals surface area contributed by atoms with Crippen LogP contribution in [0.3, 0.4) is 0 Å². The second-order valence-electron chi connectivity index (χ2n) is 12.6. The predicted molar refractivity (Wildman–Crippen MR) is 151 cm³/mol. The van der Waals surface area contributed by atoms with E-state index >= 15 is 0 Å². The van der Waals surface area contributed by atoms with Crippen molar-refractivity contribution in [3.05, 3.63) is 47.0 Å². The molecule has 43 heavy (non-hydrogen) atoms. The first-order valence-electron chi connectivity index (χ1n) is 14.6. The van der Waals surface area contributed by atoms with Crippen LogP contribution in [0.4, 0.5) is 0 Å². The summed E-state index contributed by atoms with van der Waals surface area (Å²) in [6.45, 7) is 8.89. The lowest BCUT2D eigenvalue weighted by molar-refractivity contribution is -0.230. The molecule has 0 aromatic heterocycles. The molecule has 1 aromatic carbocycles. The molecule has 2 bridgehead atoms. The lowest BCUT2D eigenvalue weighted by Gasteiger charge is -2.61. The number of esters is 3. The smallest absolute Gasteiger partial charge is 0.338 e. The largest absolute Gasteiger partial charge is 0.463 e. The van der Waals surface area contributed by atoms with Crippen LogP contribution in [0.1, 0.15) is 71.2 Å². The topological polar surface area (TPSA) is 166 Å². The first kappa shape index (κ1) is 32.8. The van der Waals surface area contributed by atoms with Crippen LogP contribution in [0.2, 0.25) is 0 Å². The van der Waals surface area contributed by atoms with Gasteiger partial charge in [-0.05, 0) is 43.5 Å². The average molecular weight is 603 g/mol. The van der Waals surface area contributed by atoms with Gasteiger partial charge in [-0.1, -0.05) is 32.0 Å². The maximum Gasteiger partial charge on any atom is 0.338 e. The highest BCUT2D eigenvalue weighted by Gasteiger charge is 2.69. The number of aliphatic hydroxyl groups is 3. The van der Waals surface area contributed by atoms with Gasteiger partial charge in [0.05, 0.1) is 35.9 Å². The molecule has 3 aliphatic rings. The molecular formula is C32H42O11. The molecule has 0 unspecified atom stereocenters. The average Bonchev–Trinajstić information content (AvgIpc) is 2.93. The quantitative estimate of drug-likeness (QED) is 0.181. The minimum Gasteiger partial charge on any atom is -0.463 e. The zero-order valence-electron chi connectivity index (χ0n) is 25.5. The number of carbonyl (C=O) groups excluding carboxylic acids is 4. The Hall–Kier alpha value is -3.12. The van der Waals surface area contributed by atoms with Crippen LogP contribution in [0.25, 0.3) is 0 Å². The first-order chi connectivity index (χ1) is 20.1. The van der Waals surface area contributed by atoms with Crippen molar-refractivity contribution >= 4 is 23.7 Å². The molecule has 0 radical (unpaired) electrons. The molecule has 1 aromatic rings. The molecule has 0 saturated heterocycles. The van der Waals surface area contributed by atoms with Crippen molar-refractivity contribution in [3.63, 3.8) is 0 Å². The molecule has 236 valence electrons. The van der Waals surface area contributed by atoms with E-state index in [4.69, 9.17) is 18.9 Å². The van der Waals surface area contributed by atoms with Gasteiger partial charge in [0.1, 0.15) is 18.3 Å². The number of ketones is 1. The summed E-state index contributed by atoms with van der Waals surface area (Å²) in [5.41, 5.74) is -4.21. The number of rotatable bonds is 7. The summed E-state index contributed by atoms with van der Waals surface area (Å²) in [4.78, 5) is 51.7. The van der Waals surface area contributed by atoms with E-state index in [1.807, 2.05) is 0 Å². The fourth-order valence-electron chi connectivity index (χ4n) is 7.26. The third-order valence-corrected chi connectivity index (χ3v) is 9.79. The van der Waals surface area contributed by atoms with Crippen molar-refractivity contribution in [2.45, 2.75) is 96.9 Å². The van der Waals surface area contributed by atoms with E-state index in [1.54, 1.807) is 51.1 Å². The SMILES string of the molecule is CC(=O)OCCO[C@@H]1C[C@H](O)[C@@]2(C)C(=O)[C@H](OC(C)=O)C3=C(C)[C@@H](O)C[C@@](O)([C@@H](OC(=O)c4ccccc4)[C@@H]2C1)C3(C)C. The number of aliphatic hydroxyl groups excluding tert-OH is 2. The highest BCUT2D eigenvalue weighted by Crippen LogP contribution is 2.60. The van der Waals surface area contributed by atoms with Gasteiger partial charge in [-0.15, -0.1) is 0 Å². The Balaban J connectivity index is 1.89. The van der Waals surface area contributed by atoms with Crippen LogP contribution in [0.5, 0.6) is 0 Å². The van der Waals surface area contributed by atoms with Gasteiger partial charge in [-0.25, -0.2) is 4.79 Å². The van der Waals surface area contributed by atoms with Gasteiger partial charge in [0.2, 0.25) is 0 Å². The van der Waals surface area contributed by atoms with E-state index in [0.717, 1.165) is 6.92 Å². The van der Waals surface area contributed by atoms with Gasteiger partial charge in [0, 0.05) is 38.0 Å². The van der Waals surface area contributed by atoms with E-state index in [-0.39, 0.29) is 43.6 Å². The molecule has 0 spiro atoms. The van der Waals surface area contributed by atoms with Crippen LogP contribution in [-0.4, -0.2) is 88.3 Å². The fourth-order valence-corrected chi connectivity index (χ4v) is 7.26. The number of carbonyl (C=O) groups is 4. The van der Waals surface area contributed by atoms with Crippen LogP contribution >= 0.6 is 0 Å². The summed E-state index contributed by atoms with van der Waals surface area (Å²) in [6, 6.07) is 8.18. The summed E-state index contributed by atoms with van der Waals surface area (Å²) in [7, 11) is 0. The standard InChI is InChI=1S/C32H42O11/c1-17-23(35)16-32(39)28(43-29(38)20-10-8-7-9-11-20)22-14-21(41-13-12-40-18(2)33)15-24(36)31(22,6)27(37)26(42-19(3)34)25(17)30(32,4)5/h7-11,21-24,26,28,35-36,39H,12-16H2,1-6H3/t21-,22-,23-,24-,26+,28-,31-,32+/m0/s1. The van der Waals surface area contributed by atoms with Crippen molar-refractivity contribution in [3.8, 4) is 0 Å². The highest BCUT2D eigenvalue weighted by molar-refractivity contribution is 5.95. The molecule has 3 aliphatic carbocycles.